The fraction of sp³-hybridized carbons (Fsp3) is 0.347. The normalized spacial score (nSPS) is 18.9. The number of carbonyl (C=O) groups is 4. The van der Waals surface area contributed by atoms with E-state index in [0.29, 0.717) is 24.4 Å². The van der Waals surface area contributed by atoms with E-state index in [4.69, 9.17) is 14.5 Å². The molecule has 4 amide bonds. The Kier molecular flexibility index (Phi) is 11.7. The van der Waals surface area contributed by atoms with Crippen LogP contribution in [0.3, 0.4) is 0 Å². The largest absolute Gasteiger partial charge is 0.453 e. The summed E-state index contributed by atoms with van der Waals surface area (Å²) < 4.78 is 9.62. The third-order valence-electron chi connectivity index (χ3n) is 12.8. The predicted molar refractivity (Wildman–Crippen MR) is 240 cm³/mol. The van der Waals surface area contributed by atoms with Crippen molar-refractivity contribution in [1.29, 1.82) is 0 Å². The van der Waals surface area contributed by atoms with Crippen molar-refractivity contribution in [2.24, 2.45) is 5.92 Å². The van der Waals surface area contributed by atoms with E-state index in [-0.39, 0.29) is 30.3 Å². The molecular weight excluding hydrogens is 813 g/mol. The summed E-state index contributed by atoms with van der Waals surface area (Å²) in [6, 6.07) is 26.1. The third kappa shape index (κ3) is 8.18. The van der Waals surface area contributed by atoms with E-state index >= 15 is 0 Å². The number of fused-ring (bicyclic) bond motifs is 4. The number of ether oxygens (including phenoxy) is 2. The molecule has 2 aliphatic heterocycles. The van der Waals surface area contributed by atoms with Gasteiger partial charge in [-0.05, 0) is 76.8 Å². The van der Waals surface area contributed by atoms with Crippen LogP contribution in [0.5, 0.6) is 0 Å². The molecule has 9 rings (SSSR count). The standard InChI is InChI=1S/C49H52N8O7/c1-27(2)41(54-48(61)63-3)46(59)57-26-35(58)24-40(57)44-50-25-38(52-44)34-15-14-30-21-29(12-13-31(30)23-34)32-16-18-36-33(22-32)17-19-37-43(36)53-45(51-37)39-11-8-20-56(39)47(60)42(55-49(62)64-4)28-9-6-5-7-10-28/h5-7,9-10,12-16,18,21-23,25,27,35,39-42,58H,8,11,17,19-20,24,26H2,1-4H3,(H,50,52)(H,51,53)(H,54,61)(H,55,62)/t35-,39-,40-,41-,42-/m0/s1. The van der Waals surface area contributed by atoms with E-state index in [0.717, 1.165) is 81.6 Å². The van der Waals surface area contributed by atoms with Crippen LogP contribution in [0.15, 0.2) is 91.1 Å². The number of rotatable bonds is 10. The van der Waals surface area contributed by atoms with Crippen molar-refractivity contribution in [2.45, 2.75) is 76.2 Å². The summed E-state index contributed by atoms with van der Waals surface area (Å²) in [6.45, 7) is 4.40. The lowest BCUT2D eigenvalue weighted by Crippen LogP contribution is -2.51. The number of imidazole rings is 2. The number of aliphatic hydroxyl groups is 1. The highest BCUT2D eigenvalue weighted by Gasteiger charge is 2.41. The molecule has 2 saturated heterocycles. The van der Waals surface area contributed by atoms with Crippen LogP contribution >= 0.6 is 0 Å². The van der Waals surface area contributed by atoms with Gasteiger partial charge in [0.15, 0.2) is 0 Å². The van der Waals surface area contributed by atoms with E-state index < -0.39 is 36.4 Å². The molecule has 0 spiro atoms. The summed E-state index contributed by atoms with van der Waals surface area (Å²) in [5, 5.41) is 18.2. The minimum atomic E-state index is -0.882. The molecule has 4 heterocycles. The van der Waals surface area contributed by atoms with Crippen LogP contribution in [0.4, 0.5) is 9.59 Å². The smallest absolute Gasteiger partial charge is 0.407 e. The van der Waals surface area contributed by atoms with Crippen molar-refractivity contribution in [3.8, 4) is 33.6 Å². The van der Waals surface area contributed by atoms with Gasteiger partial charge < -0.3 is 45.0 Å². The van der Waals surface area contributed by atoms with Crippen LogP contribution in [0, 0.1) is 5.92 Å². The number of methoxy groups -OCH3 is 2. The SMILES string of the molecule is COC(=O)N[C@H](C(=O)N1CCC[C@H]1c1nc2c([nH]1)-c1ccc(-c3ccc4cc(-c5cnc([C@@H]6C[C@H](O)CN6C(=O)[C@@H](NC(=O)OC)C(C)C)[nH]5)ccc4c3)cc1CC2)c1ccccc1. The lowest BCUT2D eigenvalue weighted by molar-refractivity contribution is -0.136. The van der Waals surface area contributed by atoms with Crippen LogP contribution in [-0.2, 0) is 31.9 Å². The second-order valence-electron chi connectivity index (χ2n) is 17.2. The summed E-state index contributed by atoms with van der Waals surface area (Å²) in [5.74, 6) is 0.635. The highest BCUT2D eigenvalue weighted by molar-refractivity contribution is 5.91. The number of aromatic amines is 2. The zero-order valence-electron chi connectivity index (χ0n) is 36.3. The average molecular weight is 865 g/mol. The van der Waals surface area contributed by atoms with Crippen LogP contribution in [0.1, 0.15) is 79.7 Å². The summed E-state index contributed by atoms with van der Waals surface area (Å²) in [4.78, 5) is 72.3. The maximum Gasteiger partial charge on any atom is 0.407 e. The van der Waals surface area contributed by atoms with Crippen molar-refractivity contribution in [2.75, 3.05) is 27.3 Å². The molecular formula is C49H52N8O7. The van der Waals surface area contributed by atoms with Crippen molar-refractivity contribution >= 4 is 34.8 Å². The van der Waals surface area contributed by atoms with E-state index in [1.807, 2.05) is 55.1 Å². The number of amides is 4. The van der Waals surface area contributed by atoms with E-state index in [1.54, 1.807) is 11.1 Å². The molecule has 0 unspecified atom stereocenters. The first-order chi connectivity index (χ1) is 31.0. The first kappa shape index (κ1) is 42.3. The number of H-pyrrole nitrogens is 2. The first-order valence-electron chi connectivity index (χ1n) is 21.8. The van der Waals surface area contributed by atoms with Crippen molar-refractivity contribution in [3.63, 3.8) is 0 Å². The second-order valence-corrected chi connectivity index (χ2v) is 17.2. The van der Waals surface area contributed by atoms with Gasteiger partial charge in [0.25, 0.3) is 5.91 Å². The summed E-state index contributed by atoms with van der Waals surface area (Å²) in [6.07, 6.45) is 3.20. The monoisotopic (exact) mass is 864 g/mol. The van der Waals surface area contributed by atoms with Crippen LogP contribution < -0.4 is 10.6 Å². The van der Waals surface area contributed by atoms with E-state index in [2.05, 4.69) is 74.1 Å². The molecule has 2 aromatic heterocycles. The zero-order chi connectivity index (χ0) is 44.6. The number of β-amino-alcohol motifs (C(OH)–C–C–N with tert-alkyl or cyclic N) is 1. The van der Waals surface area contributed by atoms with Gasteiger partial charge in [0.05, 0.1) is 55.7 Å². The Bertz CT molecular complexity index is 2730. The number of carbonyl (C=O) groups excluding carboxylic acids is 4. The Morgan fingerprint density at radius 1 is 0.781 bits per heavy atom. The number of hydrogen-bond donors (Lipinski definition) is 5. The second kappa shape index (κ2) is 17.6. The Morgan fingerprint density at radius 3 is 2.23 bits per heavy atom. The summed E-state index contributed by atoms with van der Waals surface area (Å²) in [7, 11) is 2.55. The van der Waals surface area contributed by atoms with Gasteiger partial charge in [-0.25, -0.2) is 19.6 Å². The van der Waals surface area contributed by atoms with Gasteiger partial charge in [0, 0.05) is 30.6 Å². The molecule has 2 fully saturated rings. The lowest BCUT2D eigenvalue weighted by atomic mass is 9.89. The van der Waals surface area contributed by atoms with Gasteiger partial charge in [0.1, 0.15) is 23.7 Å². The minimum Gasteiger partial charge on any atom is -0.453 e. The number of hydrogen-bond acceptors (Lipinski definition) is 9. The molecule has 15 nitrogen and oxygen atoms in total. The highest BCUT2D eigenvalue weighted by atomic mass is 16.5. The number of aromatic nitrogens is 4. The molecule has 6 aromatic rings. The first-order valence-corrected chi connectivity index (χ1v) is 21.8. The quantitative estimate of drug-likeness (QED) is 0.0950. The Morgan fingerprint density at radius 2 is 1.48 bits per heavy atom. The van der Waals surface area contributed by atoms with Gasteiger partial charge in [-0.3, -0.25) is 9.59 Å². The summed E-state index contributed by atoms with van der Waals surface area (Å²) >= 11 is 0. The average Bonchev–Trinajstić information content (AvgIpc) is 4.15. The molecule has 15 heteroatoms. The van der Waals surface area contributed by atoms with Crippen LogP contribution in [-0.4, -0.2) is 98.3 Å². The molecule has 5 atom stereocenters. The van der Waals surface area contributed by atoms with Gasteiger partial charge in [0.2, 0.25) is 5.91 Å². The molecule has 330 valence electrons. The van der Waals surface area contributed by atoms with E-state index in [9.17, 15) is 24.3 Å². The summed E-state index contributed by atoms with van der Waals surface area (Å²) in [5.41, 5.74) is 8.94. The van der Waals surface area contributed by atoms with Crippen LogP contribution in [0.2, 0.25) is 0 Å². The molecule has 0 saturated carbocycles. The molecule has 1 aliphatic carbocycles. The van der Waals surface area contributed by atoms with Gasteiger partial charge in [-0.1, -0.05) is 86.6 Å². The Hall–Kier alpha value is -7.00. The zero-order valence-corrected chi connectivity index (χ0v) is 36.3. The van der Waals surface area contributed by atoms with Crippen molar-refractivity contribution in [3.05, 3.63) is 120 Å². The van der Waals surface area contributed by atoms with Gasteiger partial charge in [-0.2, -0.15) is 0 Å². The lowest BCUT2D eigenvalue weighted by Gasteiger charge is -2.29. The van der Waals surface area contributed by atoms with Crippen molar-refractivity contribution in [1.82, 2.24) is 40.4 Å². The molecule has 5 N–H and O–H groups in total. The molecule has 3 aliphatic rings. The predicted octanol–water partition coefficient (Wildman–Crippen LogP) is 7.16. The topological polar surface area (TPSA) is 195 Å². The number of aryl methyl sites for hydroxylation is 2. The number of aliphatic hydroxyl groups excluding tert-OH is 1. The highest BCUT2D eigenvalue weighted by Crippen LogP contribution is 2.40. The molecule has 0 bridgehead atoms. The fourth-order valence-corrected chi connectivity index (χ4v) is 9.50. The third-order valence-corrected chi connectivity index (χ3v) is 12.8. The van der Waals surface area contributed by atoms with Gasteiger partial charge >= 0.3 is 12.2 Å². The maximum absolute atomic E-state index is 14.1. The van der Waals surface area contributed by atoms with Crippen molar-refractivity contribution < 1.29 is 33.8 Å². The molecule has 4 aromatic carbocycles. The number of nitrogens with one attached hydrogen (secondary N) is 4. The van der Waals surface area contributed by atoms with Gasteiger partial charge in [-0.15, -0.1) is 0 Å². The van der Waals surface area contributed by atoms with E-state index in [1.165, 1.54) is 19.8 Å². The Labute approximate surface area is 370 Å². The minimum absolute atomic E-state index is 0.137. The maximum atomic E-state index is 14.1. The number of benzene rings is 4. The number of likely N-dealkylation sites (tertiary alicyclic amines) is 2. The number of alkyl carbamates (subject to hydrolysis) is 2. The van der Waals surface area contributed by atoms with Crippen LogP contribution in [0.25, 0.3) is 44.4 Å². The molecule has 64 heavy (non-hydrogen) atoms. The fourth-order valence-electron chi connectivity index (χ4n) is 9.50. The Balaban J connectivity index is 0.913. The number of nitrogens with zero attached hydrogens (tertiary/aromatic N) is 4. The molecule has 0 radical (unpaired) electrons.